The van der Waals surface area contributed by atoms with Crippen molar-refractivity contribution in [3.8, 4) is 11.8 Å². The summed E-state index contributed by atoms with van der Waals surface area (Å²) in [7, 11) is 1.56. The molecule has 33 heavy (non-hydrogen) atoms. The first-order valence-corrected chi connectivity index (χ1v) is 11.1. The first-order chi connectivity index (χ1) is 15.7. The number of carbonyl (C=O) groups is 3. The lowest BCUT2D eigenvalue weighted by Crippen LogP contribution is -2.55. The Bertz CT molecular complexity index is 1080. The van der Waals surface area contributed by atoms with Crippen molar-refractivity contribution in [1.29, 1.82) is 5.26 Å². The highest BCUT2D eigenvalue weighted by Gasteiger charge is 2.36. The number of H-pyrrole nitrogens is 1. The molecule has 0 bridgehead atoms. The summed E-state index contributed by atoms with van der Waals surface area (Å²) in [6, 6.07) is 8.55. The van der Waals surface area contributed by atoms with Crippen molar-refractivity contribution in [3.05, 3.63) is 30.0 Å². The normalized spacial score (nSPS) is 17.1. The fraction of sp³-hybridized carbons (Fsp3) is 0.500. The maximum atomic E-state index is 13.2. The number of piperidine rings is 1. The minimum atomic E-state index is -0.777. The molecular weight excluding hydrogens is 422 g/mol. The molecule has 1 aromatic heterocycles. The molecule has 0 spiro atoms. The summed E-state index contributed by atoms with van der Waals surface area (Å²) in [6.45, 7) is 5.88. The predicted octanol–water partition coefficient (Wildman–Crippen LogP) is 2.34. The van der Waals surface area contributed by atoms with E-state index >= 15 is 0 Å². The van der Waals surface area contributed by atoms with Gasteiger partial charge in [-0.25, -0.2) is 0 Å². The molecule has 9 nitrogen and oxygen atoms in total. The van der Waals surface area contributed by atoms with Crippen LogP contribution in [0.4, 0.5) is 0 Å². The number of rotatable bonds is 7. The lowest BCUT2D eigenvalue weighted by molar-refractivity contribution is -0.138. The topological polar surface area (TPSA) is 127 Å². The summed E-state index contributed by atoms with van der Waals surface area (Å²) < 4.78 is 5.32. The van der Waals surface area contributed by atoms with Gasteiger partial charge in [0.1, 0.15) is 17.5 Å². The number of aromatic amines is 1. The molecule has 2 heterocycles. The van der Waals surface area contributed by atoms with E-state index < -0.39 is 17.5 Å². The Morgan fingerprint density at radius 1 is 1.36 bits per heavy atom. The van der Waals surface area contributed by atoms with Gasteiger partial charge in [0.15, 0.2) is 0 Å². The number of ether oxygens (including phenoxy) is 1. The smallest absolute Gasteiger partial charge is 0.268 e. The van der Waals surface area contributed by atoms with Crippen molar-refractivity contribution in [1.82, 2.24) is 20.5 Å². The number of hydrogen-bond donors (Lipinski definition) is 3. The lowest BCUT2D eigenvalue weighted by atomic mass is 9.89. The molecule has 9 heteroatoms. The number of fused-ring (bicyclic) bond motifs is 1. The third-order valence-electron chi connectivity index (χ3n) is 5.85. The zero-order chi connectivity index (χ0) is 24.2. The van der Waals surface area contributed by atoms with Crippen LogP contribution in [0.3, 0.4) is 0 Å². The lowest BCUT2D eigenvalue weighted by Gasteiger charge is -2.40. The van der Waals surface area contributed by atoms with Gasteiger partial charge < -0.3 is 25.3 Å². The van der Waals surface area contributed by atoms with Crippen molar-refractivity contribution < 1.29 is 19.1 Å². The van der Waals surface area contributed by atoms with Crippen LogP contribution >= 0.6 is 0 Å². The predicted molar refractivity (Wildman–Crippen MR) is 124 cm³/mol. The molecule has 3 N–H and O–H groups in total. The van der Waals surface area contributed by atoms with Crippen LogP contribution < -0.4 is 15.4 Å². The summed E-state index contributed by atoms with van der Waals surface area (Å²) in [6.07, 6.45) is 1.81. The van der Waals surface area contributed by atoms with Gasteiger partial charge in [-0.15, -0.1) is 0 Å². The van der Waals surface area contributed by atoms with E-state index in [4.69, 9.17) is 4.74 Å². The molecule has 3 amide bonds. The molecule has 0 unspecified atom stereocenters. The Balaban J connectivity index is 1.71. The van der Waals surface area contributed by atoms with Crippen LogP contribution in [0, 0.1) is 17.2 Å². The second-order valence-corrected chi connectivity index (χ2v) is 9.23. The monoisotopic (exact) mass is 453 g/mol. The van der Waals surface area contributed by atoms with Crippen LogP contribution in [-0.2, 0) is 9.59 Å². The zero-order valence-corrected chi connectivity index (χ0v) is 19.5. The van der Waals surface area contributed by atoms with Crippen LogP contribution in [0.25, 0.3) is 10.9 Å². The van der Waals surface area contributed by atoms with Gasteiger partial charge in [-0.2, -0.15) is 5.26 Å². The van der Waals surface area contributed by atoms with Crippen molar-refractivity contribution >= 4 is 28.6 Å². The summed E-state index contributed by atoms with van der Waals surface area (Å²) in [5.41, 5.74) is 0.389. The second-order valence-electron chi connectivity index (χ2n) is 9.23. The Hall–Kier alpha value is -3.54. The average Bonchev–Trinajstić information content (AvgIpc) is 3.22. The van der Waals surface area contributed by atoms with Gasteiger partial charge in [-0.05, 0) is 58.2 Å². The first kappa shape index (κ1) is 24.1. The SMILES string of the molecule is COc1cccc2[nH]c(C(=O)NCC(=O)N([C@H](C#N)C[C@@H]3CCCNC3=O)C(C)(C)C)cc12. The summed E-state index contributed by atoms with van der Waals surface area (Å²) >= 11 is 0. The van der Waals surface area contributed by atoms with Crippen molar-refractivity contribution in [2.75, 3.05) is 20.2 Å². The van der Waals surface area contributed by atoms with Crippen molar-refractivity contribution in [3.63, 3.8) is 0 Å². The summed E-state index contributed by atoms with van der Waals surface area (Å²) in [5.74, 6) is -0.563. The Kier molecular flexibility index (Phi) is 7.26. The van der Waals surface area contributed by atoms with E-state index in [-0.39, 0.29) is 30.7 Å². The average molecular weight is 454 g/mol. The number of hydrogen-bond acceptors (Lipinski definition) is 5. The van der Waals surface area contributed by atoms with E-state index in [1.165, 1.54) is 4.90 Å². The number of methoxy groups -OCH3 is 1. The molecule has 1 saturated heterocycles. The fourth-order valence-corrected chi connectivity index (χ4v) is 4.33. The van der Waals surface area contributed by atoms with Crippen LogP contribution in [0.15, 0.2) is 24.3 Å². The fourth-order valence-electron chi connectivity index (χ4n) is 4.33. The molecule has 2 atom stereocenters. The van der Waals surface area contributed by atoms with Crippen molar-refractivity contribution in [2.45, 2.75) is 51.6 Å². The van der Waals surface area contributed by atoms with E-state index in [9.17, 15) is 19.6 Å². The second kappa shape index (κ2) is 9.94. The van der Waals surface area contributed by atoms with Gasteiger partial charge in [-0.1, -0.05) is 6.07 Å². The maximum Gasteiger partial charge on any atom is 0.268 e. The molecule has 1 aromatic carbocycles. The molecule has 2 aromatic rings. The number of carbonyl (C=O) groups excluding carboxylic acids is 3. The highest BCUT2D eigenvalue weighted by atomic mass is 16.5. The largest absolute Gasteiger partial charge is 0.496 e. The van der Waals surface area contributed by atoms with E-state index in [2.05, 4.69) is 21.7 Å². The molecule has 1 aliphatic heterocycles. The van der Waals surface area contributed by atoms with Gasteiger partial charge in [0.25, 0.3) is 5.91 Å². The molecule has 1 fully saturated rings. The highest BCUT2D eigenvalue weighted by Crippen LogP contribution is 2.27. The molecule has 176 valence electrons. The van der Waals surface area contributed by atoms with Gasteiger partial charge in [0.2, 0.25) is 11.8 Å². The molecule has 3 rings (SSSR count). The number of nitrogens with zero attached hydrogens (tertiary/aromatic N) is 2. The Morgan fingerprint density at radius 2 is 2.12 bits per heavy atom. The quantitative estimate of drug-likeness (QED) is 0.593. The standard InChI is InChI=1S/C24H31N5O4/c1-24(2,3)29(16(13-25)11-15-7-6-10-26-22(15)31)21(30)14-27-23(32)19-12-17-18(28-19)8-5-9-20(17)33-4/h5,8-9,12,15-16,28H,6-7,10-11,14H2,1-4H3,(H,26,31)(H,27,32)/t15-,16-/m0/s1. The minimum absolute atomic E-state index is 0.0784. The number of nitrogens with one attached hydrogen (secondary N) is 3. The summed E-state index contributed by atoms with van der Waals surface area (Å²) in [4.78, 5) is 42.6. The van der Waals surface area contributed by atoms with Gasteiger partial charge in [0, 0.05) is 28.9 Å². The highest BCUT2D eigenvalue weighted by molar-refractivity contribution is 6.01. The van der Waals surface area contributed by atoms with E-state index in [1.54, 1.807) is 19.2 Å². The zero-order valence-electron chi connectivity index (χ0n) is 19.5. The first-order valence-electron chi connectivity index (χ1n) is 11.1. The van der Waals surface area contributed by atoms with Gasteiger partial charge >= 0.3 is 0 Å². The summed E-state index contributed by atoms with van der Waals surface area (Å²) in [5, 5.41) is 16.1. The molecule has 1 aliphatic rings. The number of benzene rings is 1. The maximum absolute atomic E-state index is 13.2. The molecule has 0 aliphatic carbocycles. The Labute approximate surface area is 193 Å². The number of amides is 3. The third-order valence-corrected chi connectivity index (χ3v) is 5.85. The molecule has 0 saturated carbocycles. The van der Waals surface area contributed by atoms with Crippen LogP contribution in [0.2, 0.25) is 0 Å². The minimum Gasteiger partial charge on any atom is -0.496 e. The Morgan fingerprint density at radius 3 is 2.76 bits per heavy atom. The van der Waals surface area contributed by atoms with Gasteiger partial charge in [0.05, 0.1) is 19.7 Å². The third kappa shape index (κ3) is 5.45. The van der Waals surface area contributed by atoms with Crippen LogP contribution in [0.5, 0.6) is 5.75 Å². The number of nitriles is 1. The van der Waals surface area contributed by atoms with Crippen LogP contribution in [0.1, 0.15) is 50.5 Å². The van der Waals surface area contributed by atoms with E-state index in [1.807, 2.05) is 32.9 Å². The number of aromatic nitrogens is 1. The van der Waals surface area contributed by atoms with Crippen LogP contribution in [-0.4, -0.2) is 59.4 Å². The molecule has 0 radical (unpaired) electrons. The van der Waals surface area contributed by atoms with E-state index in [0.717, 1.165) is 17.3 Å². The van der Waals surface area contributed by atoms with Gasteiger partial charge in [-0.3, -0.25) is 14.4 Å². The molecular formula is C24H31N5O4. The van der Waals surface area contributed by atoms with Crippen molar-refractivity contribution in [2.24, 2.45) is 5.92 Å². The van der Waals surface area contributed by atoms with E-state index in [0.29, 0.717) is 24.4 Å².